The van der Waals surface area contributed by atoms with Gasteiger partial charge in [0.2, 0.25) is 16.0 Å². The first kappa shape index (κ1) is 28.6. The molecule has 0 saturated heterocycles. The Bertz CT molecular complexity index is 1650. The van der Waals surface area contributed by atoms with E-state index < -0.39 is 31.3 Å². The zero-order valence-electron chi connectivity index (χ0n) is 21.2. The Morgan fingerprint density at radius 3 is 2.12 bits per heavy atom. The van der Waals surface area contributed by atoms with Gasteiger partial charge in [0.05, 0.1) is 28.4 Å². The number of nitrogens with two attached hydrogens (primary N) is 1. The van der Waals surface area contributed by atoms with Crippen LogP contribution in [0, 0.1) is 0 Å². The fraction of sp³-hybridized carbons (Fsp3) is 0.259. The third-order valence-electron chi connectivity index (χ3n) is 6.98. The van der Waals surface area contributed by atoms with Crippen LogP contribution >= 0.6 is 23.2 Å². The number of hydrazone groups is 1. The molecular weight excluding hydrogens is 593 g/mol. The van der Waals surface area contributed by atoms with E-state index in [1.807, 2.05) is 42.5 Å². The van der Waals surface area contributed by atoms with E-state index in [-0.39, 0.29) is 23.2 Å². The minimum atomic E-state index is -4.08. The Balaban J connectivity index is 1.55. The predicted molar refractivity (Wildman–Crippen MR) is 158 cm³/mol. The first-order valence-electron chi connectivity index (χ1n) is 12.5. The van der Waals surface area contributed by atoms with Crippen molar-refractivity contribution in [3.8, 4) is 0 Å². The maximum absolute atomic E-state index is 13.4. The lowest BCUT2D eigenvalue weighted by Gasteiger charge is -2.21. The number of guanidine groups is 1. The van der Waals surface area contributed by atoms with Crippen molar-refractivity contribution in [3.05, 3.63) is 100 Å². The number of aliphatic imine (C=N–C) groups is 1. The molecule has 0 amide bonds. The van der Waals surface area contributed by atoms with Crippen LogP contribution in [0.2, 0.25) is 10.0 Å². The van der Waals surface area contributed by atoms with Crippen LogP contribution in [0.15, 0.2) is 93.9 Å². The van der Waals surface area contributed by atoms with Crippen molar-refractivity contribution in [1.29, 1.82) is 0 Å². The van der Waals surface area contributed by atoms with Crippen LogP contribution < -0.4 is 9.86 Å². The van der Waals surface area contributed by atoms with Crippen LogP contribution in [0.5, 0.6) is 0 Å². The smallest absolute Gasteiger partial charge is 0.248 e. The van der Waals surface area contributed by atoms with E-state index in [2.05, 4.69) is 4.72 Å². The molecule has 40 heavy (non-hydrogen) atoms. The van der Waals surface area contributed by atoms with Crippen LogP contribution in [-0.2, 0) is 20.0 Å². The van der Waals surface area contributed by atoms with E-state index in [4.69, 9.17) is 38.4 Å². The summed E-state index contributed by atoms with van der Waals surface area (Å²) in [6.45, 7) is 0.301. The highest BCUT2D eigenvalue weighted by molar-refractivity contribution is 7.90. The normalized spacial score (nSPS) is 21.9. The van der Waals surface area contributed by atoms with E-state index in [9.17, 15) is 16.8 Å². The number of halogens is 2. The number of benzene rings is 3. The number of nitrogens with zero attached hydrogens (tertiary/aromatic N) is 3. The summed E-state index contributed by atoms with van der Waals surface area (Å²) in [5, 5.41) is 12.0. The highest BCUT2D eigenvalue weighted by Crippen LogP contribution is 2.31. The van der Waals surface area contributed by atoms with Crippen LogP contribution in [-0.4, -0.2) is 51.4 Å². The van der Waals surface area contributed by atoms with Gasteiger partial charge in [0, 0.05) is 16.0 Å². The Morgan fingerprint density at radius 2 is 1.52 bits per heavy atom. The molecule has 3 atom stereocenters. The summed E-state index contributed by atoms with van der Waals surface area (Å²) in [5.74, 6) is -0.201. The molecule has 5 rings (SSSR count). The van der Waals surface area contributed by atoms with Crippen LogP contribution in [0.25, 0.3) is 0 Å². The lowest BCUT2D eigenvalue weighted by atomic mass is 9.91. The van der Waals surface area contributed by atoms with Gasteiger partial charge < -0.3 is 0 Å². The average molecular weight is 621 g/mol. The third-order valence-corrected chi connectivity index (χ3v) is 10.2. The number of nitrogens with one attached hydrogen (secondary N) is 1. The minimum Gasteiger partial charge on any atom is -0.248 e. The van der Waals surface area contributed by atoms with Crippen LogP contribution in [0.1, 0.15) is 36.3 Å². The van der Waals surface area contributed by atoms with Gasteiger partial charge in [-0.05, 0) is 66.8 Å². The zero-order valence-corrected chi connectivity index (χ0v) is 24.3. The molecule has 1 saturated carbocycles. The van der Waals surface area contributed by atoms with Crippen LogP contribution in [0.4, 0.5) is 0 Å². The Hall–Kier alpha value is -2.96. The molecule has 0 unspecified atom stereocenters. The summed E-state index contributed by atoms with van der Waals surface area (Å²) in [6, 6.07) is 22.3. The van der Waals surface area contributed by atoms with Gasteiger partial charge in [-0.3, -0.25) is 0 Å². The van der Waals surface area contributed by atoms with Gasteiger partial charge in [-0.1, -0.05) is 65.7 Å². The summed E-state index contributed by atoms with van der Waals surface area (Å²) in [5.41, 5.74) is 2.54. The average Bonchev–Trinajstić information content (AvgIpc) is 3.57. The Kier molecular flexibility index (Phi) is 8.21. The number of hydrogen-bond acceptors (Lipinski definition) is 6. The molecule has 0 spiro atoms. The third kappa shape index (κ3) is 6.50. The van der Waals surface area contributed by atoms with Gasteiger partial charge >= 0.3 is 0 Å². The summed E-state index contributed by atoms with van der Waals surface area (Å²) < 4.78 is 53.3. The molecule has 0 bridgehead atoms. The summed E-state index contributed by atoms with van der Waals surface area (Å²) >= 11 is 12.1. The van der Waals surface area contributed by atoms with Crippen molar-refractivity contribution in [2.24, 2.45) is 15.2 Å². The first-order valence-corrected chi connectivity index (χ1v) is 16.4. The molecule has 210 valence electrons. The fourth-order valence-electron chi connectivity index (χ4n) is 4.91. The molecule has 9 nitrogen and oxygen atoms in total. The summed E-state index contributed by atoms with van der Waals surface area (Å²) in [6.07, 6.45) is 0.974. The molecule has 1 aliphatic carbocycles. The van der Waals surface area contributed by atoms with Crippen molar-refractivity contribution in [1.82, 2.24) is 9.73 Å². The van der Waals surface area contributed by atoms with E-state index in [1.54, 1.807) is 12.1 Å². The van der Waals surface area contributed by atoms with Gasteiger partial charge in [-0.15, -0.1) is 0 Å². The molecule has 1 fully saturated rings. The number of primary sulfonamides is 1. The van der Waals surface area contributed by atoms with Crippen molar-refractivity contribution >= 4 is 54.9 Å². The topological polar surface area (TPSA) is 134 Å². The fourth-order valence-corrected chi connectivity index (χ4v) is 7.12. The van der Waals surface area contributed by atoms with E-state index in [0.29, 0.717) is 29.4 Å². The van der Waals surface area contributed by atoms with Crippen LogP contribution in [0.3, 0.4) is 0 Å². The Labute approximate surface area is 243 Å². The monoisotopic (exact) mass is 619 g/mol. The number of sulfonamides is 2. The standard InChI is InChI=1S/C27H27Cl2N5O4S2/c28-20-8-6-19(7-9-20)26-25(18-4-2-1-3-5-18)17-34(32-26)27(31-22-12-15-24(16-22)39(30,35)36)33-40(37,38)23-13-10-21(29)11-14-23/h1-11,13-14,22,24-25H,12,15-17H2,(H,31,33)(H2,30,35,36)/t22-,24-,25-/m1/s1. The van der Waals surface area contributed by atoms with Gasteiger partial charge in [-0.2, -0.15) is 5.10 Å². The second-order valence-electron chi connectivity index (χ2n) is 9.73. The molecule has 0 radical (unpaired) electrons. The molecule has 2 aliphatic rings. The van der Waals surface area contributed by atoms with Crippen molar-refractivity contribution < 1.29 is 16.8 Å². The molecule has 0 aromatic heterocycles. The van der Waals surface area contributed by atoms with Crippen molar-refractivity contribution in [2.45, 2.75) is 41.4 Å². The quantitative estimate of drug-likeness (QED) is 0.313. The molecule has 13 heteroatoms. The van der Waals surface area contributed by atoms with Gasteiger partial charge in [0.1, 0.15) is 0 Å². The predicted octanol–water partition coefficient (Wildman–Crippen LogP) is 4.34. The highest BCUT2D eigenvalue weighted by atomic mass is 35.5. The van der Waals surface area contributed by atoms with Gasteiger partial charge in [0.25, 0.3) is 10.0 Å². The minimum absolute atomic E-state index is 0.0000796. The lowest BCUT2D eigenvalue weighted by molar-refractivity contribution is 0.456. The number of rotatable bonds is 6. The summed E-state index contributed by atoms with van der Waals surface area (Å²) in [4.78, 5) is 4.70. The van der Waals surface area contributed by atoms with Crippen molar-refractivity contribution in [2.75, 3.05) is 6.54 Å². The molecule has 3 aromatic carbocycles. The van der Waals surface area contributed by atoms with Crippen molar-refractivity contribution in [3.63, 3.8) is 0 Å². The zero-order chi connectivity index (χ0) is 28.5. The highest BCUT2D eigenvalue weighted by Gasteiger charge is 2.36. The second-order valence-corrected chi connectivity index (χ2v) is 14.1. The van der Waals surface area contributed by atoms with E-state index in [0.717, 1.165) is 16.8 Å². The lowest BCUT2D eigenvalue weighted by Crippen LogP contribution is -2.42. The van der Waals surface area contributed by atoms with E-state index in [1.165, 1.54) is 29.3 Å². The largest absolute Gasteiger partial charge is 0.264 e. The summed E-state index contributed by atoms with van der Waals surface area (Å²) in [7, 11) is -7.82. The maximum Gasteiger partial charge on any atom is 0.264 e. The van der Waals surface area contributed by atoms with Gasteiger partial charge in [0.15, 0.2) is 0 Å². The SMILES string of the molecule is NS(=O)(=O)[C@@H]1CC[C@@H](/N=C(\NS(=O)(=O)c2ccc(Cl)cc2)N2C[C@H](c3ccccc3)C(c3ccc(Cl)cc3)=N2)C1. The maximum atomic E-state index is 13.4. The van der Waals surface area contributed by atoms with E-state index >= 15 is 0 Å². The Morgan fingerprint density at radius 1 is 0.900 bits per heavy atom. The molecule has 1 aliphatic heterocycles. The molecule has 3 N–H and O–H groups in total. The van der Waals surface area contributed by atoms with Gasteiger partial charge in [-0.25, -0.2) is 36.7 Å². The molecule has 1 heterocycles. The first-order chi connectivity index (χ1) is 19.0. The number of hydrogen-bond donors (Lipinski definition) is 2. The molecule has 3 aromatic rings. The second kappa shape index (κ2) is 11.5. The molecular formula is C27H27Cl2N5O4S2.